The highest BCUT2D eigenvalue weighted by Crippen LogP contribution is 2.57. The maximum atomic E-state index is 12.3. The minimum absolute atomic E-state index is 0.0208. The van der Waals surface area contributed by atoms with Gasteiger partial charge in [-0.1, -0.05) is 26.0 Å². The fraction of sp³-hybridized carbons (Fsp3) is 0.818. The van der Waals surface area contributed by atoms with Gasteiger partial charge in [-0.05, 0) is 44.4 Å². The van der Waals surface area contributed by atoms with Crippen LogP contribution in [0.1, 0.15) is 58.3 Å². The van der Waals surface area contributed by atoms with Gasteiger partial charge in [0.1, 0.15) is 26.3 Å². The first kappa shape index (κ1) is 32.8. The lowest BCUT2D eigenvalue weighted by atomic mass is 9.97. The Balaban J connectivity index is 0.000000352. The Morgan fingerprint density at radius 2 is 1.61 bits per heavy atom. The number of ether oxygens (including phenoxy) is 1. The van der Waals surface area contributed by atoms with E-state index in [9.17, 15) is 34.8 Å². The summed E-state index contributed by atoms with van der Waals surface area (Å²) in [4.78, 5) is 24.1. The van der Waals surface area contributed by atoms with Gasteiger partial charge in [-0.3, -0.25) is 14.3 Å². The zero-order chi connectivity index (χ0) is 27.8. The number of carbonyl (C=O) groups excluding carboxylic acids is 2. The number of nitrogens with one attached hydrogen (secondary N) is 1. The Morgan fingerprint density at radius 3 is 1.92 bits per heavy atom. The third-order valence-corrected chi connectivity index (χ3v) is 10.8. The molecule has 0 aromatic rings. The third kappa shape index (κ3) is 11.9. The maximum absolute atomic E-state index is 12.3. The molecule has 3 aliphatic rings. The number of rotatable bonds is 12. The van der Waals surface area contributed by atoms with E-state index in [4.69, 9.17) is 16.3 Å². The van der Waals surface area contributed by atoms with Crippen LogP contribution < -0.4 is 4.72 Å². The molecule has 0 aromatic carbocycles. The van der Waals surface area contributed by atoms with E-state index in [0.717, 1.165) is 19.3 Å². The highest BCUT2D eigenvalue weighted by Gasteiger charge is 2.61. The molecule has 0 saturated heterocycles. The number of carbonyl (C=O) groups is 2. The summed E-state index contributed by atoms with van der Waals surface area (Å²) >= 11 is 5.24. The lowest BCUT2D eigenvalue weighted by molar-refractivity contribution is -0.146. The molecule has 36 heavy (non-hydrogen) atoms. The van der Waals surface area contributed by atoms with Gasteiger partial charge in [-0.25, -0.2) is 25.3 Å². The van der Waals surface area contributed by atoms with Crippen LogP contribution in [0.4, 0.5) is 0 Å². The molecule has 3 saturated carbocycles. The Morgan fingerprint density at radius 1 is 1.06 bits per heavy atom. The number of esters is 1. The molecule has 10 nitrogen and oxygen atoms in total. The third-order valence-electron chi connectivity index (χ3n) is 5.98. The van der Waals surface area contributed by atoms with Crippen LogP contribution in [0.25, 0.3) is 0 Å². The first-order chi connectivity index (χ1) is 16.5. The van der Waals surface area contributed by atoms with Crippen molar-refractivity contribution >= 4 is 53.2 Å². The zero-order valence-electron chi connectivity index (χ0n) is 21.1. The fourth-order valence-corrected chi connectivity index (χ4v) is 6.79. The quantitative estimate of drug-likeness (QED) is 0.203. The van der Waals surface area contributed by atoms with Gasteiger partial charge in [0.25, 0.3) is 0 Å². The van der Waals surface area contributed by atoms with Crippen molar-refractivity contribution in [1.82, 2.24) is 4.72 Å². The van der Waals surface area contributed by atoms with Gasteiger partial charge >= 0.3 is 5.97 Å². The minimum Gasteiger partial charge on any atom is -0.461 e. The van der Waals surface area contributed by atoms with Crippen LogP contribution in [0, 0.1) is 11.3 Å². The normalized spacial score (nSPS) is 23.2. The van der Waals surface area contributed by atoms with E-state index >= 15 is 0 Å². The van der Waals surface area contributed by atoms with Crippen molar-refractivity contribution in [2.45, 2.75) is 68.8 Å². The van der Waals surface area contributed by atoms with Crippen LogP contribution in [-0.4, -0.2) is 78.4 Å². The number of hydrogen-bond donors (Lipinski definition) is 1. The molecule has 3 fully saturated rings. The van der Waals surface area contributed by atoms with Crippen LogP contribution in [-0.2, 0) is 44.0 Å². The van der Waals surface area contributed by atoms with Crippen molar-refractivity contribution in [3.63, 3.8) is 0 Å². The fourth-order valence-electron chi connectivity index (χ4n) is 3.46. The van der Waals surface area contributed by atoms with Crippen LogP contribution in [0.3, 0.4) is 0 Å². The molecule has 2 atom stereocenters. The van der Waals surface area contributed by atoms with Gasteiger partial charge < -0.3 is 4.74 Å². The van der Waals surface area contributed by atoms with Crippen molar-refractivity contribution in [3.05, 3.63) is 12.7 Å². The lowest BCUT2D eigenvalue weighted by Gasteiger charge is -2.16. The van der Waals surface area contributed by atoms with E-state index in [-0.39, 0.29) is 29.9 Å². The largest absolute Gasteiger partial charge is 0.461 e. The molecule has 3 rings (SSSR count). The predicted molar refractivity (Wildman–Crippen MR) is 140 cm³/mol. The van der Waals surface area contributed by atoms with Crippen molar-refractivity contribution in [1.29, 1.82) is 0 Å². The summed E-state index contributed by atoms with van der Waals surface area (Å²) < 4.78 is 72.3. The second-order valence-corrected chi connectivity index (χ2v) is 16.4. The van der Waals surface area contributed by atoms with E-state index in [2.05, 4.69) is 11.3 Å². The Bertz CT molecular complexity index is 1100. The second-order valence-electron chi connectivity index (χ2n) is 9.49. The molecule has 3 aliphatic carbocycles. The van der Waals surface area contributed by atoms with Crippen molar-refractivity contribution in [2.24, 2.45) is 11.3 Å². The molecule has 0 heterocycles. The molecular weight excluding hydrogens is 554 g/mol. The average molecular weight is 592 g/mol. The molecule has 0 spiro atoms. The molecule has 0 aliphatic heterocycles. The minimum atomic E-state index is -3.58. The topological polar surface area (TPSA) is 158 Å². The van der Waals surface area contributed by atoms with Crippen LogP contribution in [0.5, 0.6) is 0 Å². The number of hydrogen-bond acceptors (Lipinski definition) is 9. The first-order valence-corrected chi connectivity index (χ1v) is 17.9. The SMILES string of the molecule is C=CCOC(=O)C[C@]1(C(=O)NS(=O)(=O)C2CC2)C[C@H]1CC.CS(=O)(=O)C1CC1.CS(=O)(=O)CCCCl. The molecule has 1 N–H and O–H groups in total. The van der Waals surface area contributed by atoms with E-state index in [1.54, 1.807) is 0 Å². The monoisotopic (exact) mass is 591 g/mol. The summed E-state index contributed by atoms with van der Waals surface area (Å²) in [5.41, 5.74) is -0.922. The molecule has 0 bridgehead atoms. The number of alkyl halides is 1. The summed E-state index contributed by atoms with van der Waals surface area (Å²) in [6.45, 7) is 5.46. The van der Waals surface area contributed by atoms with Gasteiger partial charge in [0.15, 0.2) is 0 Å². The average Bonchev–Trinajstić information content (AvgIpc) is 3.63. The van der Waals surface area contributed by atoms with Crippen molar-refractivity contribution in [2.75, 3.05) is 30.8 Å². The first-order valence-electron chi connectivity index (χ1n) is 11.8. The summed E-state index contributed by atoms with van der Waals surface area (Å²) in [6, 6.07) is 0. The van der Waals surface area contributed by atoms with Crippen LogP contribution in [0.15, 0.2) is 12.7 Å². The summed E-state index contributed by atoms with van der Waals surface area (Å²) in [6.07, 6.45) is 8.65. The molecular formula is C22H38ClNO9S3. The van der Waals surface area contributed by atoms with Gasteiger partial charge in [0.2, 0.25) is 15.9 Å². The van der Waals surface area contributed by atoms with E-state index < -0.39 is 52.2 Å². The predicted octanol–water partition coefficient (Wildman–Crippen LogP) is 1.98. The van der Waals surface area contributed by atoms with Gasteiger partial charge in [-0.2, -0.15) is 0 Å². The molecule has 0 radical (unpaired) electrons. The van der Waals surface area contributed by atoms with Crippen molar-refractivity contribution < 1.29 is 39.6 Å². The summed E-state index contributed by atoms with van der Waals surface area (Å²) in [7, 11) is -8.98. The van der Waals surface area contributed by atoms with Crippen LogP contribution >= 0.6 is 11.6 Å². The standard InChI is InChI=1S/C14H21NO5S.C4H9ClO2S.C4H8O2S/c1-3-7-20-12(16)9-14(8-10(14)4-2)13(17)15-21(18,19)11-5-6-11;1-8(6,7)4-2-3-5;1-7(5,6)4-2-3-4/h3,10-11H,1,4-9H2,2H3,(H,15,17);2-4H2,1H3;4H,2-3H2,1H3/t10-,14-;;/m1../s1. The van der Waals surface area contributed by atoms with Crippen molar-refractivity contribution in [3.8, 4) is 0 Å². The second kappa shape index (κ2) is 13.6. The smallest absolute Gasteiger partial charge is 0.307 e. The summed E-state index contributed by atoms with van der Waals surface area (Å²) in [5.74, 6) is -0.395. The molecule has 0 aromatic heterocycles. The van der Waals surface area contributed by atoms with Gasteiger partial charge in [-0.15, -0.1) is 11.6 Å². The molecule has 1 amide bonds. The van der Waals surface area contributed by atoms with E-state index in [1.807, 2.05) is 6.92 Å². The number of sulfonamides is 1. The lowest BCUT2D eigenvalue weighted by Crippen LogP contribution is -2.40. The highest BCUT2D eigenvalue weighted by molar-refractivity contribution is 7.91. The zero-order valence-corrected chi connectivity index (χ0v) is 24.3. The van der Waals surface area contributed by atoms with Gasteiger partial charge in [0.05, 0.1) is 28.1 Å². The van der Waals surface area contributed by atoms with E-state index in [1.165, 1.54) is 18.6 Å². The van der Waals surface area contributed by atoms with E-state index in [0.29, 0.717) is 31.6 Å². The number of sulfone groups is 2. The van der Waals surface area contributed by atoms with Gasteiger partial charge in [0, 0.05) is 18.4 Å². The Kier molecular flexibility index (Phi) is 12.4. The Labute approximate surface area is 220 Å². The summed E-state index contributed by atoms with van der Waals surface area (Å²) in [5, 5.41) is -0.433. The Hall–Kier alpha value is -1.18. The maximum Gasteiger partial charge on any atom is 0.307 e. The number of halogens is 1. The molecule has 14 heteroatoms. The molecule has 210 valence electrons. The van der Waals surface area contributed by atoms with Crippen LogP contribution in [0.2, 0.25) is 0 Å². The number of amides is 1. The highest BCUT2D eigenvalue weighted by atomic mass is 35.5. The molecule has 0 unspecified atom stereocenters.